The number of benzene rings is 1. The van der Waals surface area contributed by atoms with Crippen LogP contribution >= 0.6 is 0 Å². The summed E-state index contributed by atoms with van der Waals surface area (Å²) < 4.78 is 26.9. The fraction of sp³-hybridized carbons (Fsp3) is 0.462. The molecule has 0 saturated heterocycles. The molecule has 0 fully saturated rings. The van der Waals surface area contributed by atoms with Gasteiger partial charge >= 0.3 is 0 Å². The quantitative estimate of drug-likeness (QED) is 0.547. The van der Waals surface area contributed by atoms with E-state index in [1.54, 1.807) is 18.2 Å². The van der Waals surface area contributed by atoms with Gasteiger partial charge in [0.1, 0.15) is 5.84 Å². The first-order valence-electron chi connectivity index (χ1n) is 6.21. The van der Waals surface area contributed by atoms with Gasteiger partial charge in [0.05, 0.1) is 10.9 Å². The molecule has 5 nitrogen and oxygen atoms in total. The van der Waals surface area contributed by atoms with Crippen molar-refractivity contribution in [2.45, 2.75) is 44.6 Å². The smallest absolute Gasteiger partial charge is 0.241 e. The Labute approximate surface area is 114 Å². The summed E-state index contributed by atoms with van der Waals surface area (Å²) in [5.41, 5.74) is 7.37. The lowest BCUT2D eigenvalue weighted by atomic mass is 10.1. The van der Waals surface area contributed by atoms with Gasteiger partial charge in [-0.15, -0.1) is 0 Å². The molecule has 1 unspecified atom stereocenters. The van der Waals surface area contributed by atoms with Gasteiger partial charge in [0, 0.05) is 0 Å². The minimum absolute atomic E-state index is 0.158. The lowest BCUT2D eigenvalue weighted by Gasteiger charge is -2.17. The van der Waals surface area contributed by atoms with Crippen molar-refractivity contribution >= 4 is 15.9 Å². The number of rotatable bonds is 6. The van der Waals surface area contributed by atoms with Crippen molar-refractivity contribution in [2.75, 3.05) is 0 Å². The standard InChI is InChI=1S/C13H21N3O2S/c1-4-5-12(13(14)15)16-19(17,18)11-7-6-9(2)10(3)8-11/h6-8,12,16H,4-5H2,1-3H3,(H3,14,15). The Kier molecular flexibility index (Phi) is 5.08. The fourth-order valence-corrected chi connectivity index (χ4v) is 3.04. The molecule has 1 aromatic rings. The van der Waals surface area contributed by atoms with Gasteiger partial charge in [0.25, 0.3) is 0 Å². The predicted octanol–water partition coefficient (Wildman–Crippen LogP) is 1.69. The second-order valence-corrected chi connectivity index (χ2v) is 6.38. The van der Waals surface area contributed by atoms with Crippen LogP contribution in [0.2, 0.25) is 0 Å². The van der Waals surface area contributed by atoms with Crippen LogP contribution in [-0.4, -0.2) is 20.3 Å². The molecular weight excluding hydrogens is 262 g/mol. The molecule has 1 aromatic carbocycles. The molecular formula is C13H21N3O2S. The zero-order valence-electron chi connectivity index (χ0n) is 11.5. The average molecular weight is 283 g/mol. The monoisotopic (exact) mass is 283 g/mol. The van der Waals surface area contributed by atoms with Gasteiger partial charge < -0.3 is 5.73 Å². The molecule has 0 aliphatic heterocycles. The third kappa shape index (κ3) is 4.04. The SMILES string of the molecule is CCCC(NS(=O)(=O)c1ccc(C)c(C)c1)C(=N)N. The molecule has 0 aliphatic rings. The van der Waals surface area contributed by atoms with Crippen molar-refractivity contribution in [2.24, 2.45) is 5.73 Å². The summed E-state index contributed by atoms with van der Waals surface area (Å²) in [6.45, 7) is 5.71. The van der Waals surface area contributed by atoms with Crippen LogP contribution in [0.3, 0.4) is 0 Å². The first-order chi connectivity index (χ1) is 8.77. The third-order valence-corrected chi connectivity index (χ3v) is 4.51. The number of hydrogen-bond donors (Lipinski definition) is 3. The maximum absolute atomic E-state index is 12.2. The minimum Gasteiger partial charge on any atom is -0.386 e. The summed E-state index contributed by atoms with van der Waals surface area (Å²) in [5, 5.41) is 7.42. The Morgan fingerprint density at radius 2 is 2.00 bits per heavy atom. The lowest BCUT2D eigenvalue weighted by molar-refractivity contribution is 0.565. The van der Waals surface area contributed by atoms with Crippen molar-refractivity contribution in [3.05, 3.63) is 29.3 Å². The van der Waals surface area contributed by atoms with E-state index in [1.165, 1.54) is 0 Å². The highest BCUT2D eigenvalue weighted by molar-refractivity contribution is 7.89. The zero-order chi connectivity index (χ0) is 14.6. The van der Waals surface area contributed by atoms with Gasteiger partial charge in [-0.1, -0.05) is 19.4 Å². The number of aryl methyl sites for hydroxylation is 2. The van der Waals surface area contributed by atoms with Crippen LogP contribution in [0.5, 0.6) is 0 Å². The molecule has 0 saturated carbocycles. The summed E-state index contributed by atoms with van der Waals surface area (Å²) in [6, 6.07) is 4.32. The Hall–Kier alpha value is -1.40. The molecule has 1 atom stereocenters. The van der Waals surface area contributed by atoms with Crippen molar-refractivity contribution in [3.63, 3.8) is 0 Å². The Morgan fingerprint density at radius 3 is 2.47 bits per heavy atom. The maximum Gasteiger partial charge on any atom is 0.241 e. The first-order valence-corrected chi connectivity index (χ1v) is 7.69. The van der Waals surface area contributed by atoms with E-state index in [1.807, 2.05) is 20.8 Å². The van der Waals surface area contributed by atoms with Crippen LogP contribution in [0.25, 0.3) is 0 Å². The Morgan fingerprint density at radius 1 is 1.37 bits per heavy atom. The topological polar surface area (TPSA) is 96.0 Å². The number of amidine groups is 1. The van der Waals surface area contributed by atoms with Gasteiger partial charge in [-0.25, -0.2) is 13.1 Å². The molecule has 0 aromatic heterocycles. The predicted molar refractivity (Wildman–Crippen MR) is 76.8 cm³/mol. The molecule has 0 heterocycles. The van der Waals surface area contributed by atoms with Crippen molar-refractivity contribution in [1.82, 2.24) is 4.72 Å². The van der Waals surface area contributed by atoms with Crippen LogP contribution < -0.4 is 10.5 Å². The van der Waals surface area contributed by atoms with E-state index >= 15 is 0 Å². The molecule has 0 aliphatic carbocycles. The summed E-state index contributed by atoms with van der Waals surface area (Å²) >= 11 is 0. The van der Waals surface area contributed by atoms with Crippen LogP contribution in [-0.2, 0) is 10.0 Å². The van der Waals surface area contributed by atoms with Crippen LogP contribution in [0.1, 0.15) is 30.9 Å². The molecule has 106 valence electrons. The van der Waals surface area contributed by atoms with E-state index in [0.29, 0.717) is 6.42 Å². The molecule has 0 spiro atoms. The Bertz CT molecular complexity index is 567. The number of nitrogens with two attached hydrogens (primary N) is 1. The lowest BCUT2D eigenvalue weighted by Crippen LogP contribution is -2.43. The average Bonchev–Trinajstić information content (AvgIpc) is 2.31. The molecule has 0 bridgehead atoms. The molecule has 19 heavy (non-hydrogen) atoms. The normalized spacial score (nSPS) is 13.2. The third-order valence-electron chi connectivity index (χ3n) is 3.04. The van der Waals surface area contributed by atoms with Gasteiger partial charge in [0.15, 0.2) is 0 Å². The summed E-state index contributed by atoms with van der Waals surface area (Å²) in [4.78, 5) is 0.206. The molecule has 1 rings (SSSR count). The summed E-state index contributed by atoms with van der Waals surface area (Å²) in [5.74, 6) is -0.158. The van der Waals surface area contributed by atoms with Crippen LogP contribution in [0, 0.1) is 19.3 Å². The van der Waals surface area contributed by atoms with Gasteiger partial charge in [-0.3, -0.25) is 5.41 Å². The van der Waals surface area contributed by atoms with E-state index < -0.39 is 16.1 Å². The largest absolute Gasteiger partial charge is 0.386 e. The first kappa shape index (κ1) is 15.7. The van der Waals surface area contributed by atoms with E-state index in [4.69, 9.17) is 11.1 Å². The molecule has 0 radical (unpaired) electrons. The highest BCUT2D eigenvalue weighted by Gasteiger charge is 2.21. The molecule has 6 heteroatoms. The van der Waals surface area contributed by atoms with Crippen molar-refractivity contribution in [3.8, 4) is 0 Å². The van der Waals surface area contributed by atoms with Crippen molar-refractivity contribution < 1.29 is 8.42 Å². The Balaban J connectivity index is 3.03. The van der Waals surface area contributed by atoms with E-state index in [-0.39, 0.29) is 10.7 Å². The van der Waals surface area contributed by atoms with Crippen molar-refractivity contribution in [1.29, 1.82) is 5.41 Å². The number of nitrogens with one attached hydrogen (secondary N) is 2. The van der Waals surface area contributed by atoms with E-state index in [9.17, 15) is 8.42 Å². The zero-order valence-corrected chi connectivity index (χ0v) is 12.3. The number of hydrogen-bond acceptors (Lipinski definition) is 3. The maximum atomic E-state index is 12.2. The van der Waals surface area contributed by atoms with E-state index in [0.717, 1.165) is 17.5 Å². The van der Waals surface area contributed by atoms with Gasteiger partial charge in [0.2, 0.25) is 10.0 Å². The summed E-state index contributed by atoms with van der Waals surface area (Å²) in [7, 11) is -3.64. The highest BCUT2D eigenvalue weighted by Crippen LogP contribution is 2.15. The molecule has 0 amide bonds. The second-order valence-electron chi connectivity index (χ2n) is 4.66. The number of sulfonamides is 1. The summed E-state index contributed by atoms with van der Waals surface area (Å²) in [6.07, 6.45) is 1.26. The van der Waals surface area contributed by atoms with Crippen LogP contribution in [0.15, 0.2) is 23.1 Å². The highest BCUT2D eigenvalue weighted by atomic mass is 32.2. The van der Waals surface area contributed by atoms with E-state index in [2.05, 4.69) is 4.72 Å². The second kappa shape index (κ2) is 6.16. The fourth-order valence-electron chi connectivity index (χ4n) is 1.70. The van der Waals surface area contributed by atoms with Gasteiger partial charge in [-0.05, 0) is 43.5 Å². The minimum atomic E-state index is -3.64. The van der Waals surface area contributed by atoms with Crippen LogP contribution in [0.4, 0.5) is 0 Å². The van der Waals surface area contributed by atoms with Gasteiger partial charge in [-0.2, -0.15) is 0 Å². The molecule has 4 N–H and O–H groups in total.